The van der Waals surface area contributed by atoms with Gasteiger partial charge in [0.1, 0.15) is 29.8 Å². The number of halogens is 1. The summed E-state index contributed by atoms with van der Waals surface area (Å²) in [5.41, 5.74) is 0. The summed E-state index contributed by atoms with van der Waals surface area (Å²) in [5.74, 6) is 3.01. The number of aliphatic hydroxyl groups is 1. The lowest BCUT2D eigenvalue weighted by atomic mass is 9.99. The fourth-order valence-electron chi connectivity index (χ4n) is 3.87. The molecular formula is C20H25ClN4O2. The van der Waals surface area contributed by atoms with Crippen LogP contribution >= 0.6 is 11.6 Å². The monoisotopic (exact) mass is 388 g/mol. The van der Waals surface area contributed by atoms with Crippen molar-refractivity contribution in [2.45, 2.75) is 25.4 Å². The highest BCUT2D eigenvalue weighted by Gasteiger charge is 2.26. The van der Waals surface area contributed by atoms with Crippen molar-refractivity contribution in [2.75, 3.05) is 42.6 Å². The van der Waals surface area contributed by atoms with Crippen LogP contribution in [0.5, 0.6) is 5.75 Å². The van der Waals surface area contributed by atoms with Crippen molar-refractivity contribution >= 4 is 23.2 Å². The Kier molecular flexibility index (Phi) is 5.64. The van der Waals surface area contributed by atoms with Gasteiger partial charge in [0.05, 0.1) is 6.54 Å². The zero-order chi connectivity index (χ0) is 18.6. The summed E-state index contributed by atoms with van der Waals surface area (Å²) in [6.07, 6.45) is 4.87. The smallest absolute Gasteiger partial charge is 0.134 e. The molecule has 2 saturated heterocycles. The molecule has 144 valence electrons. The average molecular weight is 389 g/mol. The number of benzene rings is 1. The lowest BCUT2D eigenvalue weighted by molar-refractivity contribution is 0.208. The molecule has 3 heterocycles. The third-order valence-electron chi connectivity index (χ3n) is 5.31. The van der Waals surface area contributed by atoms with E-state index in [4.69, 9.17) is 16.3 Å². The van der Waals surface area contributed by atoms with Crippen LogP contribution in [0.4, 0.5) is 11.6 Å². The highest BCUT2D eigenvalue weighted by molar-refractivity contribution is 6.30. The van der Waals surface area contributed by atoms with Crippen molar-refractivity contribution < 1.29 is 9.84 Å². The van der Waals surface area contributed by atoms with Gasteiger partial charge in [0, 0.05) is 43.8 Å². The molecule has 7 heteroatoms. The largest absolute Gasteiger partial charge is 0.488 e. The van der Waals surface area contributed by atoms with Crippen LogP contribution < -0.4 is 14.5 Å². The van der Waals surface area contributed by atoms with Gasteiger partial charge in [-0.3, -0.25) is 0 Å². The normalized spacial score (nSPS) is 22.9. The van der Waals surface area contributed by atoms with E-state index in [1.165, 1.54) is 0 Å². The molecule has 4 rings (SSSR count). The first-order valence-corrected chi connectivity index (χ1v) is 9.94. The van der Waals surface area contributed by atoms with E-state index >= 15 is 0 Å². The molecule has 1 N–H and O–H groups in total. The molecule has 6 nitrogen and oxygen atoms in total. The van der Waals surface area contributed by atoms with Crippen LogP contribution in [0.3, 0.4) is 0 Å². The zero-order valence-corrected chi connectivity index (χ0v) is 16.1. The molecule has 0 bridgehead atoms. The van der Waals surface area contributed by atoms with Crippen molar-refractivity contribution in [3.8, 4) is 5.75 Å². The van der Waals surface area contributed by atoms with E-state index in [-0.39, 0.29) is 12.7 Å². The number of hydrogen-bond donors (Lipinski definition) is 1. The van der Waals surface area contributed by atoms with Crippen LogP contribution in [0.15, 0.2) is 36.7 Å². The van der Waals surface area contributed by atoms with Crippen molar-refractivity contribution in [3.63, 3.8) is 0 Å². The fraction of sp³-hybridized carbons (Fsp3) is 0.500. The van der Waals surface area contributed by atoms with Crippen LogP contribution in [0, 0.1) is 5.92 Å². The van der Waals surface area contributed by atoms with Gasteiger partial charge in [0.2, 0.25) is 0 Å². The van der Waals surface area contributed by atoms with Crippen LogP contribution in [0.2, 0.25) is 5.02 Å². The van der Waals surface area contributed by atoms with Crippen molar-refractivity contribution in [1.82, 2.24) is 9.97 Å². The number of nitrogens with zero attached hydrogens (tertiary/aromatic N) is 4. The maximum Gasteiger partial charge on any atom is 0.134 e. The Balaban J connectivity index is 1.40. The molecular weight excluding hydrogens is 364 g/mol. The Morgan fingerprint density at radius 3 is 2.67 bits per heavy atom. The Morgan fingerprint density at radius 2 is 1.89 bits per heavy atom. The molecule has 1 aromatic carbocycles. The summed E-state index contributed by atoms with van der Waals surface area (Å²) in [6.45, 7) is 3.77. The fourth-order valence-corrected chi connectivity index (χ4v) is 4.05. The van der Waals surface area contributed by atoms with E-state index in [2.05, 4.69) is 25.8 Å². The Bertz CT molecular complexity index is 775. The number of ether oxygens (including phenoxy) is 1. The first-order chi connectivity index (χ1) is 13.2. The molecule has 0 saturated carbocycles. The second kappa shape index (κ2) is 8.31. The molecule has 2 aliphatic heterocycles. The van der Waals surface area contributed by atoms with E-state index in [0.29, 0.717) is 10.9 Å². The minimum absolute atomic E-state index is 0.121. The molecule has 1 aromatic heterocycles. The highest BCUT2D eigenvalue weighted by atomic mass is 35.5. The minimum Gasteiger partial charge on any atom is -0.488 e. The standard InChI is InChI=1S/C20H25ClN4O2/c21-16-4-1-5-17(9-16)27-18-6-8-25(12-18)20-10-19(22-14-23-20)24-7-2-3-15(11-24)13-26/h1,4-5,9-10,14-15,18,26H,2-3,6-8,11-13H2. The summed E-state index contributed by atoms with van der Waals surface area (Å²) in [5, 5.41) is 10.1. The predicted octanol–water partition coefficient (Wildman–Crippen LogP) is 3.00. The number of rotatable bonds is 5. The quantitative estimate of drug-likeness (QED) is 0.849. The zero-order valence-electron chi connectivity index (χ0n) is 15.3. The molecule has 2 aliphatic rings. The van der Waals surface area contributed by atoms with Crippen LogP contribution in [-0.2, 0) is 0 Å². The van der Waals surface area contributed by atoms with Crippen LogP contribution in [-0.4, -0.2) is 54.0 Å². The average Bonchev–Trinajstić information content (AvgIpc) is 3.17. The van der Waals surface area contributed by atoms with E-state index in [9.17, 15) is 5.11 Å². The van der Waals surface area contributed by atoms with Crippen molar-refractivity contribution in [1.29, 1.82) is 0 Å². The maximum atomic E-state index is 9.46. The molecule has 27 heavy (non-hydrogen) atoms. The van der Waals surface area contributed by atoms with Gasteiger partial charge in [-0.05, 0) is 37.0 Å². The van der Waals surface area contributed by atoms with E-state index in [0.717, 1.165) is 62.8 Å². The van der Waals surface area contributed by atoms with Crippen LogP contribution in [0.1, 0.15) is 19.3 Å². The second-order valence-electron chi connectivity index (χ2n) is 7.30. The predicted molar refractivity (Wildman–Crippen MR) is 107 cm³/mol. The second-order valence-corrected chi connectivity index (χ2v) is 7.74. The lowest BCUT2D eigenvalue weighted by Gasteiger charge is -2.33. The Hall–Kier alpha value is -2.05. The number of anilines is 2. The van der Waals surface area contributed by atoms with Gasteiger partial charge >= 0.3 is 0 Å². The van der Waals surface area contributed by atoms with Crippen molar-refractivity contribution in [3.05, 3.63) is 41.7 Å². The summed E-state index contributed by atoms with van der Waals surface area (Å²) < 4.78 is 6.08. The summed E-state index contributed by atoms with van der Waals surface area (Å²) >= 11 is 6.04. The van der Waals surface area contributed by atoms with Gasteiger partial charge in [-0.25, -0.2) is 9.97 Å². The number of piperidine rings is 1. The minimum atomic E-state index is 0.121. The maximum absolute atomic E-state index is 9.46. The molecule has 2 atom stereocenters. The topological polar surface area (TPSA) is 61.7 Å². The van der Waals surface area contributed by atoms with E-state index < -0.39 is 0 Å². The van der Waals surface area contributed by atoms with Crippen LogP contribution in [0.25, 0.3) is 0 Å². The van der Waals surface area contributed by atoms with E-state index in [1.54, 1.807) is 6.33 Å². The van der Waals surface area contributed by atoms with Gasteiger partial charge < -0.3 is 19.6 Å². The third kappa shape index (κ3) is 4.45. The number of hydrogen-bond acceptors (Lipinski definition) is 6. The SMILES string of the molecule is OCC1CCCN(c2cc(N3CCC(Oc4cccc(Cl)c4)C3)ncn2)C1. The summed E-state index contributed by atoms with van der Waals surface area (Å²) in [7, 11) is 0. The summed E-state index contributed by atoms with van der Waals surface area (Å²) in [6, 6.07) is 9.59. The molecule has 2 fully saturated rings. The molecule has 2 aromatic rings. The van der Waals surface area contributed by atoms with Gasteiger partial charge in [-0.1, -0.05) is 17.7 Å². The molecule has 0 radical (unpaired) electrons. The third-order valence-corrected chi connectivity index (χ3v) is 5.54. The number of aliphatic hydroxyl groups excluding tert-OH is 1. The van der Waals surface area contributed by atoms with Gasteiger partial charge in [0.25, 0.3) is 0 Å². The van der Waals surface area contributed by atoms with Gasteiger partial charge in [-0.2, -0.15) is 0 Å². The number of aromatic nitrogens is 2. The molecule has 0 spiro atoms. The molecule has 0 aliphatic carbocycles. The molecule has 0 amide bonds. The summed E-state index contributed by atoms with van der Waals surface area (Å²) in [4.78, 5) is 13.4. The Morgan fingerprint density at radius 1 is 1.07 bits per heavy atom. The first kappa shape index (κ1) is 18.3. The van der Waals surface area contributed by atoms with Gasteiger partial charge in [0.15, 0.2) is 0 Å². The molecule has 2 unspecified atom stereocenters. The highest BCUT2D eigenvalue weighted by Crippen LogP contribution is 2.27. The van der Waals surface area contributed by atoms with E-state index in [1.807, 2.05) is 24.3 Å². The lowest BCUT2D eigenvalue weighted by Crippen LogP contribution is -2.37. The van der Waals surface area contributed by atoms with Crippen molar-refractivity contribution in [2.24, 2.45) is 5.92 Å². The Labute approximate surface area is 164 Å². The first-order valence-electron chi connectivity index (χ1n) is 9.56. The van der Waals surface area contributed by atoms with Gasteiger partial charge in [-0.15, -0.1) is 0 Å².